The molecule has 5 heteroatoms. The van der Waals surface area contributed by atoms with Crippen LogP contribution in [0.1, 0.15) is 17.3 Å². The van der Waals surface area contributed by atoms with E-state index in [2.05, 4.69) is 0 Å². The summed E-state index contributed by atoms with van der Waals surface area (Å²) in [6.45, 7) is 3.27. The van der Waals surface area contributed by atoms with Crippen LogP contribution in [0, 0.1) is 5.82 Å². The van der Waals surface area contributed by atoms with Gasteiger partial charge in [-0.15, -0.1) is 0 Å². The van der Waals surface area contributed by atoms with E-state index in [4.69, 9.17) is 9.47 Å². The Morgan fingerprint density at radius 1 is 1.00 bits per heavy atom. The first-order valence-corrected chi connectivity index (χ1v) is 7.47. The Morgan fingerprint density at radius 2 is 1.57 bits per heavy atom. The molecule has 0 spiro atoms. The largest absolute Gasteiger partial charge is 0.494 e. The summed E-state index contributed by atoms with van der Waals surface area (Å²) < 4.78 is 23.6. The zero-order chi connectivity index (χ0) is 16.7. The standard InChI is InChI=1S/C18H20FNO3/c1-3-22-16-8-4-14(5-9-16)18(21)20(2)12-13-23-17-10-6-15(19)7-11-17/h4-11H,3,12-13H2,1-2H3. The van der Waals surface area contributed by atoms with E-state index in [1.165, 1.54) is 12.1 Å². The summed E-state index contributed by atoms with van der Waals surface area (Å²) in [4.78, 5) is 13.9. The molecule has 23 heavy (non-hydrogen) atoms. The van der Waals surface area contributed by atoms with E-state index in [1.807, 2.05) is 6.92 Å². The average Bonchev–Trinajstić information content (AvgIpc) is 2.57. The van der Waals surface area contributed by atoms with E-state index in [-0.39, 0.29) is 11.7 Å². The SMILES string of the molecule is CCOc1ccc(C(=O)N(C)CCOc2ccc(F)cc2)cc1. The number of benzene rings is 2. The van der Waals surface area contributed by atoms with E-state index in [0.29, 0.717) is 31.1 Å². The Morgan fingerprint density at radius 3 is 2.17 bits per heavy atom. The molecule has 0 N–H and O–H groups in total. The fourth-order valence-corrected chi connectivity index (χ4v) is 2.01. The summed E-state index contributed by atoms with van der Waals surface area (Å²) in [7, 11) is 1.72. The first-order chi connectivity index (χ1) is 11.1. The van der Waals surface area contributed by atoms with E-state index >= 15 is 0 Å². The number of amides is 1. The summed E-state index contributed by atoms with van der Waals surface area (Å²) >= 11 is 0. The lowest BCUT2D eigenvalue weighted by Crippen LogP contribution is -2.30. The maximum Gasteiger partial charge on any atom is 0.253 e. The van der Waals surface area contributed by atoms with Crippen LogP contribution in [0.4, 0.5) is 4.39 Å². The van der Waals surface area contributed by atoms with Gasteiger partial charge in [0.2, 0.25) is 0 Å². The number of likely N-dealkylation sites (N-methyl/N-ethyl adjacent to an activating group) is 1. The van der Waals surface area contributed by atoms with Gasteiger partial charge < -0.3 is 14.4 Å². The van der Waals surface area contributed by atoms with E-state index < -0.39 is 0 Å². The normalized spacial score (nSPS) is 10.2. The molecule has 0 aliphatic rings. The van der Waals surface area contributed by atoms with Crippen LogP contribution in [-0.2, 0) is 0 Å². The highest BCUT2D eigenvalue weighted by Crippen LogP contribution is 2.14. The minimum absolute atomic E-state index is 0.0873. The number of halogens is 1. The first kappa shape index (κ1) is 16.8. The van der Waals surface area contributed by atoms with E-state index in [0.717, 1.165) is 5.75 Å². The molecule has 0 aromatic heterocycles. The molecule has 0 saturated carbocycles. The fraction of sp³-hybridized carbons (Fsp3) is 0.278. The van der Waals surface area contributed by atoms with Crippen LogP contribution >= 0.6 is 0 Å². The number of ether oxygens (including phenoxy) is 2. The topological polar surface area (TPSA) is 38.8 Å². The van der Waals surface area contributed by atoms with Gasteiger partial charge in [0.25, 0.3) is 5.91 Å². The van der Waals surface area contributed by atoms with Crippen molar-refractivity contribution < 1.29 is 18.7 Å². The molecule has 0 atom stereocenters. The van der Waals surface area contributed by atoms with Crippen molar-refractivity contribution in [3.05, 3.63) is 59.9 Å². The second-order valence-electron chi connectivity index (χ2n) is 4.99. The summed E-state index contributed by atoms with van der Waals surface area (Å²) in [5.41, 5.74) is 0.595. The Bertz CT molecular complexity index is 626. The smallest absolute Gasteiger partial charge is 0.253 e. The number of hydrogen-bond donors (Lipinski definition) is 0. The van der Waals surface area contributed by atoms with Crippen LogP contribution in [0.5, 0.6) is 11.5 Å². The summed E-state index contributed by atoms with van der Waals surface area (Å²) in [6.07, 6.45) is 0. The fourth-order valence-electron chi connectivity index (χ4n) is 2.01. The number of carbonyl (C=O) groups is 1. The van der Waals surface area contributed by atoms with Crippen molar-refractivity contribution in [2.45, 2.75) is 6.92 Å². The molecule has 0 aliphatic heterocycles. The van der Waals surface area contributed by atoms with Gasteiger partial charge in [-0.05, 0) is 55.5 Å². The van der Waals surface area contributed by atoms with Gasteiger partial charge in [-0.1, -0.05) is 0 Å². The minimum Gasteiger partial charge on any atom is -0.494 e. The van der Waals surface area contributed by atoms with Crippen LogP contribution in [0.15, 0.2) is 48.5 Å². The van der Waals surface area contributed by atoms with Gasteiger partial charge >= 0.3 is 0 Å². The van der Waals surface area contributed by atoms with Crippen molar-refractivity contribution >= 4 is 5.91 Å². The molecule has 0 bridgehead atoms. The number of carbonyl (C=O) groups excluding carboxylic acids is 1. The second-order valence-corrected chi connectivity index (χ2v) is 4.99. The third-order valence-electron chi connectivity index (χ3n) is 3.27. The van der Waals surface area contributed by atoms with Crippen LogP contribution in [0.2, 0.25) is 0 Å². The van der Waals surface area contributed by atoms with Crippen LogP contribution in [0.25, 0.3) is 0 Å². The molecular formula is C18H20FNO3. The highest BCUT2D eigenvalue weighted by atomic mass is 19.1. The Labute approximate surface area is 135 Å². The molecule has 2 aromatic rings. The molecule has 4 nitrogen and oxygen atoms in total. The highest BCUT2D eigenvalue weighted by molar-refractivity contribution is 5.94. The molecule has 0 fully saturated rings. The van der Waals surface area contributed by atoms with E-state index in [1.54, 1.807) is 48.3 Å². The predicted molar refractivity (Wildman–Crippen MR) is 86.5 cm³/mol. The molecule has 0 heterocycles. The lowest BCUT2D eigenvalue weighted by molar-refractivity contribution is 0.0773. The molecular weight excluding hydrogens is 297 g/mol. The van der Waals surface area contributed by atoms with Crippen LogP contribution < -0.4 is 9.47 Å². The maximum absolute atomic E-state index is 12.8. The molecule has 0 unspecified atom stereocenters. The minimum atomic E-state index is -0.305. The summed E-state index contributed by atoms with van der Waals surface area (Å²) in [5, 5.41) is 0. The lowest BCUT2D eigenvalue weighted by atomic mass is 10.2. The highest BCUT2D eigenvalue weighted by Gasteiger charge is 2.11. The third-order valence-corrected chi connectivity index (χ3v) is 3.27. The first-order valence-electron chi connectivity index (χ1n) is 7.47. The van der Waals surface area contributed by atoms with Crippen molar-refractivity contribution in [3.63, 3.8) is 0 Å². The monoisotopic (exact) mass is 317 g/mol. The summed E-state index contributed by atoms with van der Waals surface area (Å²) in [6, 6.07) is 12.8. The second kappa shape index (κ2) is 8.17. The van der Waals surface area contributed by atoms with Gasteiger partial charge in [-0.25, -0.2) is 4.39 Å². The van der Waals surface area contributed by atoms with Gasteiger partial charge in [0.15, 0.2) is 0 Å². The summed E-state index contributed by atoms with van der Waals surface area (Å²) in [5.74, 6) is 0.926. The Kier molecular flexibility index (Phi) is 5.97. The van der Waals surface area contributed by atoms with Crippen molar-refractivity contribution in [1.29, 1.82) is 0 Å². The van der Waals surface area contributed by atoms with Crippen LogP contribution in [0.3, 0.4) is 0 Å². The van der Waals surface area contributed by atoms with E-state index in [9.17, 15) is 9.18 Å². The van der Waals surface area contributed by atoms with Crippen molar-refractivity contribution in [3.8, 4) is 11.5 Å². The molecule has 0 radical (unpaired) electrons. The molecule has 0 saturated heterocycles. The van der Waals surface area contributed by atoms with Gasteiger partial charge in [-0.2, -0.15) is 0 Å². The molecule has 1 amide bonds. The van der Waals surface area contributed by atoms with Gasteiger partial charge in [-0.3, -0.25) is 4.79 Å². The zero-order valence-electron chi connectivity index (χ0n) is 13.3. The molecule has 2 aromatic carbocycles. The Hall–Kier alpha value is -2.56. The number of hydrogen-bond acceptors (Lipinski definition) is 3. The quantitative estimate of drug-likeness (QED) is 0.786. The Balaban J connectivity index is 1.83. The van der Waals surface area contributed by atoms with Gasteiger partial charge in [0, 0.05) is 12.6 Å². The van der Waals surface area contributed by atoms with Crippen molar-refractivity contribution in [2.24, 2.45) is 0 Å². The average molecular weight is 317 g/mol. The molecule has 122 valence electrons. The van der Waals surface area contributed by atoms with Crippen LogP contribution in [-0.4, -0.2) is 37.6 Å². The maximum atomic E-state index is 12.8. The number of rotatable bonds is 7. The predicted octanol–water partition coefficient (Wildman–Crippen LogP) is 3.38. The van der Waals surface area contributed by atoms with Gasteiger partial charge in [0.1, 0.15) is 23.9 Å². The van der Waals surface area contributed by atoms with Crippen molar-refractivity contribution in [1.82, 2.24) is 4.90 Å². The third kappa shape index (κ3) is 4.98. The lowest BCUT2D eigenvalue weighted by Gasteiger charge is -2.17. The molecule has 2 rings (SSSR count). The van der Waals surface area contributed by atoms with Gasteiger partial charge in [0.05, 0.1) is 13.2 Å². The van der Waals surface area contributed by atoms with Crippen molar-refractivity contribution in [2.75, 3.05) is 26.8 Å². The number of nitrogens with zero attached hydrogens (tertiary/aromatic N) is 1. The molecule has 0 aliphatic carbocycles. The zero-order valence-corrected chi connectivity index (χ0v) is 13.3.